The number of para-hydroxylation sites is 1. The number of halogens is 2. The van der Waals surface area contributed by atoms with Crippen molar-refractivity contribution in [3.8, 4) is 5.75 Å². The zero-order valence-electron chi connectivity index (χ0n) is 9.26. The second kappa shape index (κ2) is 4.60. The van der Waals surface area contributed by atoms with Gasteiger partial charge in [0.05, 0.1) is 0 Å². The van der Waals surface area contributed by atoms with Gasteiger partial charge in [-0.15, -0.1) is 0 Å². The largest absolute Gasteiger partial charge is 0.435 e. The first-order valence-corrected chi connectivity index (χ1v) is 4.91. The molecule has 0 saturated heterocycles. The van der Waals surface area contributed by atoms with Gasteiger partial charge in [0.1, 0.15) is 5.75 Å². The summed E-state index contributed by atoms with van der Waals surface area (Å²) < 4.78 is 28.7. The van der Waals surface area contributed by atoms with E-state index < -0.39 is 6.61 Å². The fraction of sp³-hybridized carbons (Fsp3) is 0.500. The van der Waals surface area contributed by atoms with Crippen LogP contribution >= 0.6 is 0 Å². The Hall–Kier alpha value is -1.12. The highest BCUT2D eigenvalue weighted by molar-refractivity contribution is 5.34. The van der Waals surface area contributed by atoms with Gasteiger partial charge < -0.3 is 4.74 Å². The second-order valence-corrected chi connectivity index (χ2v) is 4.72. The van der Waals surface area contributed by atoms with Gasteiger partial charge in [0.15, 0.2) is 0 Å². The average molecular weight is 214 g/mol. The van der Waals surface area contributed by atoms with Crippen LogP contribution in [0.4, 0.5) is 8.78 Å². The number of rotatable bonds is 3. The maximum atomic E-state index is 12.1. The molecule has 84 valence electrons. The van der Waals surface area contributed by atoms with Crippen molar-refractivity contribution in [2.45, 2.75) is 33.8 Å². The van der Waals surface area contributed by atoms with Crippen molar-refractivity contribution in [2.24, 2.45) is 5.41 Å². The van der Waals surface area contributed by atoms with Crippen molar-refractivity contribution in [3.63, 3.8) is 0 Å². The molecular formula is C12H16F2O. The van der Waals surface area contributed by atoms with E-state index in [0.717, 1.165) is 12.0 Å². The van der Waals surface area contributed by atoms with Gasteiger partial charge in [0.25, 0.3) is 0 Å². The van der Waals surface area contributed by atoms with Crippen molar-refractivity contribution >= 4 is 0 Å². The maximum absolute atomic E-state index is 12.1. The van der Waals surface area contributed by atoms with Gasteiger partial charge in [-0.25, -0.2) is 0 Å². The molecule has 1 aromatic carbocycles. The first kappa shape index (κ1) is 12.0. The summed E-state index contributed by atoms with van der Waals surface area (Å²) in [6.07, 6.45) is 0.718. The molecule has 15 heavy (non-hydrogen) atoms. The Morgan fingerprint density at radius 3 is 2.33 bits per heavy atom. The fourth-order valence-electron chi connectivity index (χ4n) is 1.43. The lowest BCUT2D eigenvalue weighted by molar-refractivity contribution is -0.0506. The third-order valence-electron chi connectivity index (χ3n) is 1.91. The summed E-state index contributed by atoms with van der Waals surface area (Å²) in [5.41, 5.74) is 0.881. The quantitative estimate of drug-likeness (QED) is 0.742. The van der Waals surface area contributed by atoms with Gasteiger partial charge >= 0.3 is 6.61 Å². The van der Waals surface area contributed by atoms with Crippen LogP contribution in [0.15, 0.2) is 24.3 Å². The van der Waals surface area contributed by atoms with Gasteiger partial charge in [-0.05, 0) is 23.5 Å². The number of benzene rings is 1. The monoisotopic (exact) mass is 214 g/mol. The highest BCUT2D eigenvalue weighted by Crippen LogP contribution is 2.28. The van der Waals surface area contributed by atoms with Gasteiger partial charge in [0, 0.05) is 0 Å². The van der Waals surface area contributed by atoms with Crippen molar-refractivity contribution < 1.29 is 13.5 Å². The molecule has 1 nitrogen and oxygen atoms in total. The SMILES string of the molecule is CC(C)(C)Cc1ccccc1OC(F)F. The Labute approximate surface area is 89.1 Å². The molecule has 0 fully saturated rings. The Morgan fingerprint density at radius 1 is 1.20 bits per heavy atom. The summed E-state index contributed by atoms with van der Waals surface area (Å²) in [5, 5.41) is 0. The average Bonchev–Trinajstić information content (AvgIpc) is 2.05. The third-order valence-corrected chi connectivity index (χ3v) is 1.91. The first-order valence-electron chi connectivity index (χ1n) is 4.91. The van der Waals surface area contributed by atoms with Crippen molar-refractivity contribution in [1.82, 2.24) is 0 Å². The predicted molar refractivity (Wildman–Crippen MR) is 56.2 cm³/mol. The predicted octanol–water partition coefficient (Wildman–Crippen LogP) is 3.88. The Morgan fingerprint density at radius 2 is 1.80 bits per heavy atom. The van der Waals surface area contributed by atoms with Gasteiger partial charge in [-0.3, -0.25) is 0 Å². The Balaban J connectivity index is 2.86. The molecule has 0 N–H and O–H groups in total. The van der Waals surface area contributed by atoms with E-state index in [1.54, 1.807) is 12.1 Å². The van der Waals surface area contributed by atoms with Crippen LogP contribution in [-0.2, 0) is 6.42 Å². The minimum Gasteiger partial charge on any atom is -0.435 e. The van der Waals surface area contributed by atoms with E-state index in [4.69, 9.17) is 0 Å². The lowest BCUT2D eigenvalue weighted by Crippen LogP contribution is -2.12. The van der Waals surface area contributed by atoms with Crippen LogP contribution in [0.5, 0.6) is 5.75 Å². The standard InChI is InChI=1S/C12H16F2O/c1-12(2,3)8-9-6-4-5-7-10(9)15-11(13)14/h4-7,11H,8H2,1-3H3. The molecular weight excluding hydrogens is 198 g/mol. The summed E-state index contributed by atoms with van der Waals surface area (Å²) in [5.74, 6) is 0.280. The molecule has 0 amide bonds. The Bertz CT molecular complexity index is 316. The molecule has 0 atom stereocenters. The summed E-state index contributed by atoms with van der Waals surface area (Å²) in [7, 11) is 0. The van der Waals surface area contributed by atoms with Crippen LogP contribution in [0, 0.1) is 5.41 Å². The van der Waals surface area contributed by atoms with Crippen molar-refractivity contribution in [1.29, 1.82) is 0 Å². The Kier molecular flexibility index (Phi) is 3.66. The van der Waals surface area contributed by atoms with E-state index >= 15 is 0 Å². The molecule has 0 heterocycles. The second-order valence-electron chi connectivity index (χ2n) is 4.72. The number of hydrogen-bond acceptors (Lipinski definition) is 1. The summed E-state index contributed by atoms with van der Waals surface area (Å²) in [6.45, 7) is 3.43. The third kappa shape index (κ3) is 4.28. The molecule has 0 bridgehead atoms. The van der Waals surface area contributed by atoms with E-state index in [0.29, 0.717) is 0 Å². The number of ether oxygens (including phenoxy) is 1. The topological polar surface area (TPSA) is 9.23 Å². The van der Waals surface area contributed by atoms with Gasteiger partial charge in [-0.2, -0.15) is 8.78 Å². The van der Waals surface area contributed by atoms with Crippen LogP contribution in [0.1, 0.15) is 26.3 Å². The minimum atomic E-state index is -2.76. The lowest BCUT2D eigenvalue weighted by Gasteiger charge is -2.20. The van der Waals surface area contributed by atoms with Crippen LogP contribution in [0.2, 0.25) is 0 Å². The van der Waals surface area contributed by atoms with Gasteiger partial charge in [-0.1, -0.05) is 39.0 Å². The summed E-state index contributed by atoms with van der Waals surface area (Å²) in [6, 6.07) is 6.93. The molecule has 0 saturated carbocycles. The van der Waals surface area contributed by atoms with Crippen LogP contribution in [0.25, 0.3) is 0 Å². The van der Waals surface area contributed by atoms with Crippen molar-refractivity contribution in [3.05, 3.63) is 29.8 Å². The molecule has 0 radical (unpaired) electrons. The van der Waals surface area contributed by atoms with E-state index in [1.807, 2.05) is 12.1 Å². The number of alkyl halides is 2. The molecule has 0 spiro atoms. The molecule has 1 rings (SSSR count). The maximum Gasteiger partial charge on any atom is 0.387 e. The molecule has 0 aliphatic heterocycles. The van der Waals surface area contributed by atoms with E-state index in [2.05, 4.69) is 25.5 Å². The van der Waals surface area contributed by atoms with Crippen molar-refractivity contribution in [2.75, 3.05) is 0 Å². The molecule has 3 heteroatoms. The fourth-order valence-corrected chi connectivity index (χ4v) is 1.43. The highest BCUT2D eigenvalue weighted by atomic mass is 19.3. The van der Waals surface area contributed by atoms with E-state index in [-0.39, 0.29) is 11.2 Å². The molecule has 1 aromatic rings. The zero-order chi connectivity index (χ0) is 11.5. The van der Waals surface area contributed by atoms with Crippen LogP contribution in [-0.4, -0.2) is 6.61 Å². The zero-order valence-corrected chi connectivity index (χ0v) is 9.26. The summed E-state index contributed by atoms with van der Waals surface area (Å²) >= 11 is 0. The first-order chi connectivity index (χ1) is 6.88. The van der Waals surface area contributed by atoms with E-state index in [1.165, 1.54) is 0 Å². The van der Waals surface area contributed by atoms with Crippen LogP contribution in [0.3, 0.4) is 0 Å². The normalized spacial score (nSPS) is 11.9. The molecule has 0 aliphatic rings. The molecule has 0 unspecified atom stereocenters. The van der Waals surface area contributed by atoms with E-state index in [9.17, 15) is 8.78 Å². The highest BCUT2D eigenvalue weighted by Gasteiger charge is 2.16. The van der Waals surface area contributed by atoms with Crippen LogP contribution < -0.4 is 4.74 Å². The summed E-state index contributed by atoms with van der Waals surface area (Å²) in [4.78, 5) is 0. The van der Waals surface area contributed by atoms with Gasteiger partial charge in [0.2, 0.25) is 0 Å². The minimum absolute atomic E-state index is 0.0571. The smallest absolute Gasteiger partial charge is 0.387 e. The number of hydrogen-bond donors (Lipinski definition) is 0. The molecule has 0 aliphatic carbocycles. The lowest BCUT2D eigenvalue weighted by atomic mass is 9.88. The molecule has 0 aromatic heterocycles.